The number of aromatic nitrogens is 3. The molecule has 3 heterocycles. The maximum Gasteiger partial charge on any atom is 0.277 e. The van der Waals surface area contributed by atoms with Crippen LogP contribution in [0.5, 0.6) is 0 Å². The highest BCUT2D eigenvalue weighted by Gasteiger charge is 2.31. The Morgan fingerprint density at radius 3 is 2.74 bits per heavy atom. The molecule has 0 saturated carbocycles. The van der Waals surface area contributed by atoms with E-state index in [1.54, 1.807) is 6.07 Å². The van der Waals surface area contributed by atoms with Crippen LogP contribution in [-0.4, -0.2) is 40.1 Å². The van der Waals surface area contributed by atoms with Crippen molar-refractivity contribution in [1.82, 2.24) is 19.3 Å². The Labute approximate surface area is 184 Å². The number of benzene rings is 1. The van der Waals surface area contributed by atoms with Gasteiger partial charge in [-0.2, -0.15) is 4.31 Å². The highest BCUT2D eigenvalue weighted by Crippen LogP contribution is 2.32. The summed E-state index contributed by atoms with van der Waals surface area (Å²) in [7, 11) is -3.59. The lowest BCUT2D eigenvalue weighted by molar-refractivity contribution is 0.102. The number of nitrogens with zero attached hydrogens (tertiary/aromatic N) is 4. The minimum Gasteiger partial charge on any atom is -0.296 e. The number of rotatable bonds is 4. The third kappa shape index (κ3) is 3.98. The van der Waals surface area contributed by atoms with Gasteiger partial charge in [0.25, 0.3) is 5.91 Å². The Morgan fingerprint density at radius 2 is 1.94 bits per heavy atom. The molecule has 10 heteroatoms. The Bertz CT molecular complexity index is 1240. The Balaban J connectivity index is 1.34. The lowest BCUT2D eigenvalue weighted by atomic mass is 9.92. The first-order valence-corrected chi connectivity index (χ1v) is 12.4. The Kier molecular flexibility index (Phi) is 5.28. The molecule has 8 nitrogen and oxygen atoms in total. The lowest BCUT2D eigenvalue weighted by Crippen LogP contribution is -2.35. The number of hydrogen-bond acceptors (Lipinski definition) is 7. The van der Waals surface area contributed by atoms with Crippen molar-refractivity contribution in [1.29, 1.82) is 0 Å². The lowest BCUT2D eigenvalue weighted by Gasteiger charge is -2.26. The van der Waals surface area contributed by atoms with Crippen molar-refractivity contribution in [3.8, 4) is 0 Å². The van der Waals surface area contributed by atoms with E-state index in [-0.39, 0.29) is 12.2 Å². The van der Waals surface area contributed by atoms with E-state index in [2.05, 4.69) is 20.3 Å². The Morgan fingerprint density at radius 1 is 1.10 bits per heavy atom. The number of sulfonamides is 1. The van der Waals surface area contributed by atoms with Gasteiger partial charge in [0.15, 0.2) is 5.13 Å². The average Bonchev–Trinajstić information content (AvgIpc) is 3.20. The zero-order valence-electron chi connectivity index (χ0n) is 16.7. The van der Waals surface area contributed by atoms with Gasteiger partial charge in [-0.25, -0.2) is 18.4 Å². The van der Waals surface area contributed by atoms with E-state index in [1.807, 2.05) is 12.1 Å². The van der Waals surface area contributed by atoms with Crippen LogP contribution in [0.25, 0.3) is 0 Å². The molecule has 2 aromatic heterocycles. The van der Waals surface area contributed by atoms with Gasteiger partial charge in [-0.05, 0) is 48.9 Å². The van der Waals surface area contributed by atoms with Gasteiger partial charge in [-0.1, -0.05) is 6.07 Å². The van der Waals surface area contributed by atoms with Gasteiger partial charge in [-0.15, -0.1) is 11.3 Å². The average molecular weight is 456 g/mol. The van der Waals surface area contributed by atoms with Crippen LogP contribution >= 0.6 is 11.3 Å². The molecule has 0 spiro atoms. The predicted octanol–water partition coefficient (Wildman–Crippen LogP) is 2.81. The molecule has 3 aromatic rings. The number of amides is 1. The fourth-order valence-corrected chi connectivity index (χ4v) is 6.59. The SMILES string of the molecule is O=C(Nc1nc2c(s1)CN(S(=O)(=O)c1ccc3c(c1)CCCC3)CC2)c1cnccn1. The molecule has 1 aromatic carbocycles. The van der Waals surface area contributed by atoms with E-state index < -0.39 is 15.9 Å². The number of hydrogen-bond donors (Lipinski definition) is 1. The number of fused-ring (bicyclic) bond motifs is 2. The molecule has 0 bridgehead atoms. The molecule has 2 aliphatic rings. The summed E-state index contributed by atoms with van der Waals surface area (Å²) in [6.07, 6.45) is 9.07. The van der Waals surface area contributed by atoms with Crippen LogP contribution in [0.15, 0.2) is 41.7 Å². The molecule has 1 amide bonds. The third-order valence-corrected chi connectivity index (χ3v) is 8.51. The quantitative estimate of drug-likeness (QED) is 0.649. The summed E-state index contributed by atoms with van der Waals surface area (Å²) < 4.78 is 28.1. The summed E-state index contributed by atoms with van der Waals surface area (Å²) in [5, 5.41) is 3.17. The van der Waals surface area contributed by atoms with Gasteiger partial charge in [0.2, 0.25) is 10.0 Å². The van der Waals surface area contributed by atoms with Crippen molar-refractivity contribution in [3.05, 3.63) is 64.2 Å². The number of thiazole rings is 1. The minimum absolute atomic E-state index is 0.201. The van der Waals surface area contributed by atoms with Crippen molar-refractivity contribution in [2.45, 2.75) is 43.5 Å². The van der Waals surface area contributed by atoms with Crippen molar-refractivity contribution < 1.29 is 13.2 Å². The molecule has 0 saturated heterocycles. The topological polar surface area (TPSA) is 105 Å². The van der Waals surface area contributed by atoms with Crippen LogP contribution < -0.4 is 5.32 Å². The number of nitrogens with one attached hydrogen (secondary N) is 1. The standard InChI is InChI=1S/C21H21N5O3S2/c27-20(18-12-22-8-9-23-18)25-21-24-17-7-10-26(13-19(17)30-21)31(28,29)16-6-5-14-3-1-2-4-15(14)11-16/h5-6,8-9,11-12H,1-4,7,10,13H2,(H,24,25,27). The monoisotopic (exact) mass is 455 g/mol. The molecular weight excluding hydrogens is 434 g/mol. The van der Waals surface area contributed by atoms with Crippen molar-refractivity contribution in [2.24, 2.45) is 0 Å². The number of carbonyl (C=O) groups is 1. The summed E-state index contributed by atoms with van der Waals surface area (Å²) in [6.45, 7) is 0.626. The zero-order valence-corrected chi connectivity index (χ0v) is 18.4. The highest BCUT2D eigenvalue weighted by molar-refractivity contribution is 7.89. The van der Waals surface area contributed by atoms with Gasteiger partial charge in [0.05, 0.1) is 23.3 Å². The smallest absolute Gasteiger partial charge is 0.277 e. The predicted molar refractivity (Wildman–Crippen MR) is 116 cm³/mol. The molecule has 1 N–H and O–H groups in total. The summed E-state index contributed by atoms with van der Waals surface area (Å²) in [4.78, 5) is 25.9. The van der Waals surface area contributed by atoms with E-state index in [1.165, 1.54) is 39.8 Å². The molecule has 1 aliphatic heterocycles. The molecule has 1 aliphatic carbocycles. The molecule has 5 rings (SSSR count). The summed E-state index contributed by atoms with van der Waals surface area (Å²) in [5.74, 6) is -0.391. The maximum absolute atomic E-state index is 13.3. The van der Waals surface area contributed by atoms with Crippen LogP contribution in [0.1, 0.15) is 45.0 Å². The van der Waals surface area contributed by atoms with Gasteiger partial charge in [0.1, 0.15) is 5.69 Å². The summed E-state index contributed by atoms with van der Waals surface area (Å²) in [5.41, 5.74) is 3.44. The van der Waals surface area contributed by atoms with Crippen LogP contribution in [0.3, 0.4) is 0 Å². The van der Waals surface area contributed by atoms with Crippen molar-refractivity contribution in [3.63, 3.8) is 0 Å². The third-order valence-electron chi connectivity index (χ3n) is 5.67. The van der Waals surface area contributed by atoms with Crippen LogP contribution in [0, 0.1) is 0 Å². The molecule has 160 valence electrons. The molecule has 0 atom stereocenters. The number of aryl methyl sites for hydroxylation is 2. The number of carbonyl (C=O) groups excluding carboxylic acids is 1. The van der Waals surface area contributed by atoms with E-state index in [9.17, 15) is 13.2 Å². The largest absolute Gasteiger partial charge is 0.296 e. The molecule has 0 fully saturated rings. The summed E-state index contributed by atoms with van der Waals surface area (Å²) in [6, 6.07) is 5.54. The first-order chi connectivity index (χ1) is 15.0. The van der Waals surface area contributed by atoms with Gasteiger partial charge >= 0.3 is 0 Å². The van der Waals surface area contributed by atoms with Gasteiger partial charge in [0, 0.05) is 30.2 Å². The zero-order chi connectivity index (χ0) is 21.4. The van der Waals surface area contributed by atoms with Gasteiger partial charge < -0.3 is 0 Å². The van der Waals surface area contributed by atoms with Gasteiger partial charge in [-0.3, -0.25) is 15.1 Å². The second-order valence-corrected chi connectivity index (χ2v) is 10.7. The van der Waals surface area contributed by atoms with Crippen molar-refractivity contribution in [2.75, 3.05) is 11.9 Å². The second-order valence-electron chi connectivity index (χ2n) is 7.66. The normalized spacial score (nSPS) is 16.4. The van der Waals surface area contributed by atoms with Crippen molar-refractivity contribution >= 4 is 32.4 Å². The van der Waals surface area contributed by atoms with Crippen LogP contribution in [0.4, 0.5) is 5.13 Å². The fraction of sp³-hybridized carbons (Fsp3) is 0.333. The van der Waals surface area contributed by atoms with E-state index in [0.717, 1.165) is 41.8 Å². The highest BCUT2D eigenvalue weighted by atomic mass is 32.2. The maximum atomic E-state index is 13.3. The van der Waals surface area contributed by atoms with E-state index in [0.29, 0.717) is 23.0 Å². The van der Waals surface area contributed by atoms with E-state index in [4.69, 9.17) is 0 Å². The number of anilines is 1. The molecule has 0 radical (unpaired) electrons. The minimum atomic E-state index is -3.59. The first-order valence-electron chi connectivity index (χ1n) is 10.2. The van der Waals surface area contributed by atoms with E-state index >= 15 is 0 Å². The first kappa shape index (κ1) is 20.2. The molecule has 0 unspecified atom stereocenters. The summed E-state index contributed by atoms with van der Waals surface area (Å²) >= 11 is 1.30. The molecular formula is C21H21N5O3S2. The Hall–Kier alpha value is -2.69. The van der Waals surface area contributed by atoms with Crippen LogP contribution in [-0.2, 0) is 35.8 Å². The molecule has 31 heavy (non-hydrogen) atoms. The fourth-order valence-electron chi connectivity index (χ4n) is 4.03. The van der Waals surface area contributed by atoms with Crippen LogP contribution in [0.2, 0.25) is 0 Å². The second kappa shape index (κ2) is 8.10.